The first-order valence-corrected chi connectivity index (χ1v) is 5.76. The molecule has 2 aliphatic carbocycles. The summed E-state index contributed by atoms with van der Waals surface area (Å²) < 4.78 is 0. The van der Waals surface area contributed by atoms with Gasteiger partial charge in [-0.1, -0.05) is 0 Å². The SMILES string of the molecule is O=c1cc(NC2CC(O)C2)nc(C2CC2)[nH]1. The number of nitrogens with zero attached hydrogens (tertiary/aromatic N) is 1. The van der Waals surface area contributed by atoms with Gasteiger partial charge < -0.3 is 15.4 Å². The topological polar surface area (TPSA) is 78.0 Å². The lowest BCUT2D eigenvalue weighted by Gasteiger charge is -2.32. The molecule has 0 saturated heterocycles. The molecule has 0 unspecified atom stereocenters. The predicted octanol–water partition coefficient (Wildman–Crippen LogP) is 0.582. The molecule has 2 aliphatic rings. The fourth-order valence-corrected chi connectivity index (χ4v) is 2.02. The average molecular weight is 221 g/mol. The Labute approximate surface area is 92.9 Å². The summed E-state index contributed by atoms with van der Waals surface area (Å²) >= 11 is 0. The first-order chi connectivity index (χ1) is 7.70. The molecule has 5 nitrogen and oxygen atoms in total. The van der Waals surface area contributed by atoms with Crippen molar-refractivity contribution in [2.45, 2.75) is 43.7 Å². The number of nitrogens with one attached hydrogen (secondary N) is 2. The van der Waals surface area contributed by atoms with Crippen LogP contribution in [0.4, 0.5) is 5.82 Å². The predicted molar refractivity (Wildman–Crippen MR) is 59.5 cm³/mol. The highest BCUT2D eigenvalue weighted by atomic mass is 16.3. The van der Waals surface area contributed by atoms with Gasteiger partial charge in [0.15, 0.2) is 0 Å². The minimum atomic E-state index is -0.192. The zero-order valence-electron chi connectivity index (χ0n) is 8.94. The van der Waals surface area contributed by atoms with Crippen LogP contribution in [0.3, 0.4) is 0 Å². The molecule has 3 rings (SSSR count). The van der Waals surface area contributed by atoms with Crippen molar-refractivity contribution in [2.75, 3.05) is 5.32 Å². The maximum Gasteiger partial charge on any atom is 0.252 e. The van der Waals surface area contributed by atoms with Crippen molar-refractivity contribution >= 4 is 5.82 Å². The van der Waals surface area contributed by atoms with Gasteiger partial charge >= 0.3 is 0 Å². The zero-order valence-corrected chi connectivity index (χ0v) is 8.94. The van der Waals surface area contributed by atoms with Crippen LogP contribution in [0.5, 0.6) is 0 Å². The van der Waals surface area contributed by atoms with E-state index in [-0.39, 0.29) is 17.7 Å². The summed E-state index contributed by atoms with van der Waals surface area (Å²) in [5.41, 5.74) is -0.0979. The van der Waals surface area contributed by atoms with E-state index in [1.807, 2.05) is 0 Å². The standard InChI is InChI=1S/C11H15N3O2/c15-8-3-7(4-8)12-9-5-10(16)14-11(13-9)6-1-2-6/h5-8,15H,1-4H2,(H2,12,13,14,16). The number of hydrogen-bond acceptors (Lipinski definition) is 4. The smallest absolute Gasteiger partial charge is 0.252 e. The minimum Gasteiger partial charge on any atom is -0.393 e. The molecule has 1 aromatic heterocycles. The third-order valence-electron chi connectivity index (χ3n) is 3.19. The third kappa shape index (κ3) is 1.95. The van der Waals surface area contributed by atoms with Gasteiger partial charge in [0, 0.05) is 18.0 Å². The Kier molecular flexibility index (Phi) is 2.21. The number of anilines is 1. The van der Waals surface area contributed by atoms with Crippen molar-refractivity contribution < 1.29 is 5.11 Å². The van der Waals surface area contributed by atoms with Gasteiger partial charge in [-0.25, -0.2) is 4.98 Å². The van der Waals surface area contributed by atoms with Crippen LogP contribution in [-0.4, -0.2) is 27.2 Å². The summed E-state index contributed by atoms with van der Waals surface area (Å²) in [6, 6.07) is 1.74. The lowest BCUT2D eigenvalue weighted by molar-refractivity contribution is 0.0835. The van der Waals surface area contributed by atoms with Crippen molar-refractivity contribution in [1.29, 1.82) is 0 Å². The highest BCUT2D eigenvalue weighted by molar-refractivity contribution is 5.36. The van der Waals surface area contributed by atoms with Gasteiger partial charge in [-0.3, -0.25) is 4.79 Å². The van der Waals surface area contributed by atoms with Crippen LogP contribution in [0.15, 0.2) is 10.9 Å². The number of aromatic nitrogens is 2. The van der Waals surface area contributed by atoms with Gasteiger partial charge in [0.2, 0.25) is 0 Å². The first-order valence-electron chi connectivity index (χ1n) is 5.76. The number of aliphatic hydroxyl groups excluding tert-OH is 1. The lowest BCUT2D eigenvalue weighted by Crippen LogP contribution is -2.39. The maximum absolute atomic E-state index is 11.4. The van der Waals surface area contributed by atoms with Crippen LogP contribution in [0.1, 0.15) is 37.4 Å². The molecule has 0 spiro atoms. The third-order valence-corrected chi connectivity index (χ3v) is 3.19. The molecule has 2 fully saturated rings. The Morgan fingerprint density at radius 3 is 2.81 bits per heavy atom. The molecule has 0 bridgehead atoms. The molecule has 1 heterocycles. The van der Waals surface area contributed by atoms with Gasteiger partial charge in [-0.15, -0.1) is 0 Å². The Hall–Kier alpha value is -1.36. The summed E-state index contributed by atoms with van der Waals surface area (Å²) in [5.74, 6) is 1.89. The average Bonchev–Trinajstić information content (AvgIpc) is 2.97. The zero-order chi connectivity index (χ0) is 11.1. The van der Waals surface area contributed by atoms with Gasteiger partial charge in [0.1, 0.15) is 11.6 Å². The molecule has 3 N–H and O–H groups in total. The highest BCUT2D eigenvalue weighted by Gasteiger charge is 2.29. The van der Waals surface area contributed by atoms with Crippen molar-refractivity contribution in [1.82, 2.24) is 9.97 Å². The number of aliphatic hydroxyl groups is 1. The largest absolute Gasteiger partial charge is 0.393 e. The minimum absolute atomic E-state index is 0.0979. The second-order valence-electron chi connectivity index (χ2n) is 4.76. The second-order valence-corrected chi connectivity index (χ2v) is 4.76. The van der Waals surface area contributed by atoms with Gasteiger partial charge in [-0.2, -0.15) is 0 Å². The van der Waals surface area contributed by atoms with Gasteiger partial charge in [0.05, 0.1) is 6.10 Å². The van der Waals surface area contributed by atoms with Crippen molar-refractivity contribution in [3.63, 3.8) is 0 Å². The van der Waals surface area contributed by atoms with Crippen LogP contribution in [-0.2, 0) is 0 Å². The van der Waals surface area contributed by atoms with Crippen LogP contribution in [0, 0.1) is 0 Å². The molecule has 86 valence electrons. The van der Waals surface area contributed by atoms with E-state index in [2.05, 4.69) is 15.3 Å². The van der Waals surface area contributed by atoms with Gasteiger partial charge in [0.25, 0.3) is 5.56 Å². The van der Waals surface area contributed by atoms with Crippen LogP contribution in [0.2, 0.25) is 0 Å². The van der Waals surface area contributed by atoms with E-state index < -0.39 is 0 Å². The van der Waals surface area contributed by atoms with Crippen LogP contribution in [0.25, 0.3) is 0 Å². The molecule has 0 aromatic carbocycles. The summed E-state index contributed by atoms with van der Waals surface area (Å²) in [4.78, 5) is 18.6. The second kappa shape index (κ2) is 3.59. The molecule has 16 heavy (non-hydrogen) atoms. The molecular weight excluding hydrogens is 206 g/mol. The van der Waals surface area contributed by atoms with Crippen molar-refractivity contribution in [2.24, 2.45) is 0 Å². The summed E-state index contributed by atoms with van der Waals surface area (Å²) in [7, 11) is 0. The lowest BCUT2D eigenvalue weighted by atomic mass is 9.89. The Morgan fingerprint density at radius 1 is 1.44 bits per heavy atom. The quantitative estimate of drug-likeness (QED) is 0.697. The van der Waals surface area contributed by atoms with Crippen LogP contribution < -0.4 is 10.9 Å². The molecular formula is C11H15N3O2. The molecule has 0 amide bonds. The van der Waals surface area contributed by atoms with E-state index in [1.54, 1.807) is 0 Å². The van der Waals surface area contributed by atoms with E-state index in [4.69, 9.17) is 0 Å². The summed E-state index contributed by atoms with van der Waals surface area (Å²) in [6.07, 6.45) is 3.53. The summed E-state index contributed by atoms with van der Waals surface area (Å²) in [5, 5.41) is 12.4. The molecule has 1 aromatic rings. The molecule has 0 atom stereocenters. The highest BCUT2D eigenvalue weighted by Crippen LogP contribution is 2.37. The van der Waals surface area contributed by atoms with E-state index in [0.29, 0.717) is 11.7 Å². The molecule has 5 heteroatoms. The fraction of sp³-hybridized carbons (Fsp3) is 0.636. The maximum atomic E-state index is 11.4. The molecule has 2 saturated carbocycles. The Balaban J connectivity index is 1.75. The molecule has 0 radical (unpaired) electrons. The Bertz CT molecular complexity index is 447. The normalized spacial score (nSPS) is 28.6. The fourth-order valence-electron chi connectivity index (χ4n) is 2.02. The van der Waals surface area contributed by atoms with E-state index in [9.17, 15) is 9.90 Å². The summed E-state index contributed by atoms with van der Waals surface area (Å²) in [6.45, 7) is 0. The number of aromatic amines is 1. The Morgan fingerprint density at radius 2 is 2.19 bits per heavy atom. The van der Waals surface area contributed by atoms with E-state index in [0.717, 1.165) is 31.5 Å². The van der Waals surface area contributed by atoms with Crippen molar-refractivity contribution in [3.8, 4) is 0 Å². The molecule has 0 aliphatic heterocycles. The van der Waals surface area contributed by atoms with E-state index >= 15 is 0 Å². The van der Waals surface area contributed by atoms with Gasteiger partial charge in [-0.05, 0) is 25.7 Å². The van der Waals surface area contributed by atoms with Crippen molar-refractivity contribution in [3.05, 3.63) is 22.2 Å². The first kappa shape index (κ1) is 9.84. The number of rotatable bonds is 3. The van der Waals surface area contributed by atoms with Crippen LogP contribution >= 0.6 is 0 Å². The number of hydrogen-bond donors (Lipinski definition) is 3. The number of H-pyrrole nitrogens is 1. The van der Waals surface area contributed by atoms with E-state index in [1.165, 1.54) is 6.07 Å². The monoisotopic (exact) mass is 221 g/mol.